The van der Waals surface area contributed by atoms with Gasteiger partial charge in [-0.05, 0) is 62.6 Å². The van der Waals surface area contributed by atoms with Gasteiger partial charge in [0.15, 0.2) is 5.78 Å². The van der Waals surface area contributed by atoms with Crippen molar-refractivity contribution in [2.75, 3.05) is 14.2 Å². The zero-order valence-electron chi connectivity index (χ0n) is 24.0. The SMILES string of the molecule is CC(=O)C=C(C)O.COc1c[c-]c(-c2cc(C)ccn2)c(C)n1.COc1c[c-]c(-c2cc(C)ccn2)c(C)n1.[Ir]. The first-order valence-electron chi connectivity index (χ1n) is 12.1. The molecular formula is C31H34IrN4O4-2. The van der Waals surface area contributed by atoms with E-state index in [4.69, 9.17) is 14.6 Å². The van der Waals surface area contributed by atoms with Gasteiger partial charge in [-0.15, -0.1) is 23.3 Å². The zero-order chi connectivity index (χ0) is 28.9. The van der Waals surface area contributed by atoms with Crippen molar-refractivity contribution >= 4 is 5.78 Å². The van der Waals surface area contributed by atoms with Crippen molar-refractivity contribution in [1.29, 1.82) is 0 Å². The standard InChI is InChI=1S/2C13H13N2O.C5H8O2.Ir/c2*1-9-6-7-14-12(8-9)11-4-5-13(16-3)15-10(11)2;1-4(6)3-5(2)7;/h2*5-8H,1-3H3;3,6H,1-2H3;/q2*-1;;. The predicted octanol–water partition coefficient (Wildman–Crippen LogP) is 6.17. The average Bonchev–Trinajstić information content (AvgIpc) is 2.88. The second-order valence-electron chi connectivity index (χ2n) is 8.64. The van der Waals surface area contributed by atoms with Crippen LogP contribution in [0, 0.1) is 39.8 Å². The fraction of sp³-hybridized carbons (Fsp3) is 0.258. The number of methoxy groups -OCH3 is 2. The summed E-state index contributed by atoms with van der Waals surface area (Å²) >= 11 is 0. The van der Waals surface area contributed by atoms with E-state index >= 15 is 0 Å². The van der Waals surface area contributed by atoms with Crippen LogP contribution in [0.15, 0.2) is 60.6 Å². The zero-order valence-corrected chi connectivity index (χ0v) is 26.4. The van der Waals surface area contributed by atoms with Crippen LogP contribution in [0.2, 0.25) is 0 Å². The fourth-order valence-electron chi connectivity index (χ4n) is 3.35. The molecule has 0 saturated heterocycles. The molecule has 4 heterocycles. The molecule has 0 spiro atoms. The number of aryl methyl sites for hydroxylation is 4. The Morgan fingerprint density at radius 2 is 1.20 bits per heavy atom. The number of aliphatic hydroxyl groups is 1. The quantitative estimate of drug-likeness (QED) is 0.148. The van der Waals surface area contributed by atoms with Crippen LogP contribution in [0.1, 0.15) is 36.4 Å². The minimum atomic E-state index is -0.125. The molecule has 9 heteroatoms. The summed E-state index contributed by atoms with van der Waals surface area (Å²) in [6.45, 7) is 10.8. The maximum absolute atomic E-state index is 10.0. The molecule has 0 aliphatic carbocycles. The number of aliphatic hydroxyl groups excluding tert-OH is 1. The van der Waals surface area contributed by atoms with E-state index in [1.165, 1.54) is 31.1 Å². The predicted molar refractivity (Wildman–Crippen MR) is 152 cm³/mol. The Morgan fingerprint density at radius 3 is 1.45 bits per heavy atom. The van der Waals surface area contributed by atoms with Gasteiger partial charge in [-0.25, -0.2) is 0 Å². The minimum absolute atomic E-state index is 0. The maximum atomic E-state index is 10.0. The second kappa shape index (κ2) is 16.9. The van der Waals surface area contributed by atoms with Crippen LogP contribution in [-0.4, -0.2) is 45.0 Å². The van der Waals surface area contributed by atoms with Gasteiger partial charge in [-0.2, -0.15) is 0 Å². The summed E-state index contributed by atoms with van der Waals surface area (Å²) in [5.74, 6) is 1.09. The van der Waals surface area contributed by atoms with Crippen LogP contribution in [-0.2, 0) is 24.9 Å². The molecule has 0 aliphatic heterocycles. The third kappa shape index (κ3) is 11.0. The molecule has 0 atom stereocenters. The smallest absolute Gasteiger partial charge is 0.155 e. The van der Waals surface area contributed by atoms with Gasteiger partial charge in [-0.1, -0.05) is 49.2 Å². The number of rotatable bonds is 5. The number of aromatic nitrogens is 4. The van der Waals surface area contributed by atoms with Crippen molar-refractivity contribution < 1.29 is 39.5 Å². The summed E-state index contributed by atoms with van der Waals surface area (Å²) < 4.78 is 10.1. The minimum Gasteiger partial charge on any atom is -0.524 e. The van der Waals surface area contributed by atoms with Gasteiger partial charge < -0.3 is 34.5 Å². The summed E-state index contributed by atoms with van der Waals surface area (Å²) in [7, 11) is 3.19. The molecular weight excluding hydrogens is 685 g/mol. The maximum Gasteiger partial charge on any atom is 0.155 e. The summed E-state index contributed by atoms with van der Waals surface area (Å²) in [4.78, 5) is 27.3. The van der Waals surface area contributed by atoms with Crippen molar-refractivity contribution in [3.8, 4) is 34.3 Å². The van der Waals surface area contributed by atoms with E-state index in [1.54, 1.807) is 38.7 Å². The second-order valence-corrected chi connectivity index (χ2v) is 8.64. The molecule has 4 rings (SSSR count). The van der Waals surface area contributed by atoms with Crippen molar-refractivity contribution in [3.05, 3.63) is 95.3 Å². The number of pyridine rings is 4. The Bertz CT molecular complexity index is 1340. The van der Waals surface area contributed by atoms with Crippen LogP contribution >= 0.6 is 0 Å². The summed E-state index contributed by atoms with van der Waals surface area (Å²) in [6.07, 6.45) is 4.75. The first-order chi connectivity index (χ1) is 18.5. The van der Waals surface area contributed by atoms with Crippen molar-refractivity contribution in [1.82, 2.24) is 19.9 Å². The molecule has 0 aromatic carbocycles. The third-order valence-electron chi connectivity index (χ3n) is 5.13. The van der Waals surface area contributed by atoms with Gasteiger partial charge in [0.1, 0.15) is 11.8 Å². The van der Waals surface area contributed by atoms with Crippen molar-refractivity contribution in [3.63, 3.8) is 0 Å². The average molecular weight is 719 g/mol. The van der Waals surface area contributed by atoms with E-state index in [-0.39, 0.29) is 31.6 Å². The Balaban J connectivity index is 0.000000320. The molecule has 1 radical (unpaired) electrons. The molecule has 0 unspecified atom stereocenters. The Hall–Kier alpha value is -3.94. The molecule has 0 saturated carbocycles. The Morgan fingerprint density at radius 1 is 0.800 bits per heavy atom. The summed E-state index contributed by atoms with van der Waals surface area (Å²) in [5, 5.41) is 8.36. The van der Waals surface area contributed by atoms with Crippen molar-refractivity contribution in [2.24, 2.45) is 0 Å². The van der Waals surface area contributed by atoms with Gasteiger partial charge in [0.2, 0.25) is 0 Å². The fourth-order valence-corrected chi connectivity index (χ4v) is 3.35. The molecule has 0 amide bonds. The number of ether oxygens (including phenoxy) is 2. The van der Waals surface area contributed by atoms with E-state index in [2.05, 4.69) is 32.1 Å². The van der Waals surface area contributed by atoms with Crippen LogP contribution < -0.4 is 9.47 Å². The largest absolute Gasteiger partial charge is 0.524 e. The van der Waals surface area contributed by atoms with Gasteiger partial charge in [0.25, 0.3) is 0 Å². The number of hydrogen-bond acceptors (Lipinski definition) is 8. The number of hydrogen-bond donors (Lipinski definition) is 1. The van der Waals surface area contributed by atoms with E-state index in [0.29, 0.717) is 11.8 Å². The molecule has 4 aromatic rings. The molecule has 0 aliphatic rings. The summed E-state index contributed by atoms with van der Waals surface area (Å²) in [6, 6.07) is 17.7. The van der Waals surface area contributed by atoms with E-state index < -0.39 is 0 Å². The normalized spacial score (nSPS) is 10.2. The number of ketones is 1. The van der Waals surface area contributed by atoms with Gasteiger partial charge >= 0.3 is 0 Å². The van der Waals surface area contributed by atoms with E-state index in [9.17, 15) is 4.79 Å². The van der Waals surface area contributed by atoms with Gasteiger partial charge in [0, 0.05) is 38.6 Å². The van der Waals surface area contributed by atoms with Crippen LogP contribution in [0.4, 0.5) is 0 Å². The number of carbonyl (C=O) groups is 1. The Labute approximate surface area is 249 Å². The summed E-state index contributed by atoms with van der Waals surface area (Å²) in [5.41, 5.74) is 7.73. The van der Waals surface area contributed by atoms with Crippen LogP contribution in [0.3, 0.4) is 0 Å². The number of allylic oxidation sites excluding steroid dienone is 2. The number of nitrogens with zero attached hydrogens (tertiary/aromatic N) is 4. The van der Waals surface area contributed by atoms with Gasteiger partial charge in [-0.3, -0.25) is 4.79 Å². The van der Waals surface area contributed by atoms with E-state index in [0.717, 1.165) is 33.9 Å². The first kappa shape index (κ1) is 34.1. The third-order valence-corrected chi connectivity index (χ3v) is 5.13. The Kier molecular flexibility index (Phi) is 14.4. The van der Waals surface area contributed by atoms with E-state index in [1.807, 2.05) is 52.0 Å². The first-order valence-corrected chi connectivity index (χ1v) is 12.1. The van der Waals surface area contributed by atoms with Crippen LogP contribution in [0.5, 0.6) is 11.8 Å². The molecule has 0 fully saturated rings. The molecule has 0 bridgehead atoms. The molecule has 40 heavy (non-hydrogen) atoms. The van der Waals surface area contributed by atoms with Crippen molar-refractivity contribution in [2.45, 2.75) is 41.5 Å². The molecule has 8 nitrogen and oxygen atoms in total. The van der Waals surface area contributed by atoms with Gasteiger partial charge in [0.05, 0.1) is 20.0 Å². The van der Waals surface area contributed by atoms with Crippen LogP contribution in [0.25, 0.3) is 22.5 Å². The number of carbonyl (C=O) groups excluding carboxylic acids is 1. The molecule has 4 aromatic heterocycles. The topological polar surface area (TPSA) is 107 Å². The molecule has 1 N–H and O–H groups in total. The monoisotopic (exact) mass is 719 g/mol. The molecule has 213 valence electrons.